The highest BCUT2D eigenvalue weighted by Gasteiger charge is 2.18. The van der Waals surface area contributed by atoms with Gasteiger partial charge in [0.1, 0.15) is 23.0 Å². The van der Waals surface area contributed by atoms with Crippen LogP contribution in [0.4, 0.5) is 10.1 Å². The number of aliphatic hydroxyl groups is 1. The summed E-state index contributed by atoms with van der Waals surface area (Å²) in [4.78, 5) is 21.0. The van der Waals surface area contributed by atoms with Crippen LogP contribution in [0.25, 0.3) is 55.8 Å². The molecule has 5 heterocycles. The summed E-state index contributed by atoms with van der Waals surface area (Å²) in [6.07, 6.45) is 7.68. The Kier molecular flexibility index (Phi) is 5.57. The van der Waals surface area contributed by atoms with Gasteiger partial charge in [-0.15, -0.1) is 0 Å². The van der Waals surface area contributed by atoms with E-state index in [1.807, 2.05) is 44.2 Å². The largest absolute Gasteiger partial charge is 0.374 e. The van der Waals surface area contributed by atoms with Crippen molar-refractivity contribution in [2.24, 2.45) is 5.92 Å². The van der Waals surface area contributed by atoms with Gasteiger partial charge < -0.3 is 15.4 Å². The lowest BCUT2D eigenvalue weighted by molar-refractivity contribution is 0.153. The van der Waals surface area contributed by atoms with E-state index in [1.54, 1.807) is 31.0 Å². The van der Waals surface area contributed by atoms with Gasteiger partial charge in [0.25, 0.3) is 0 Å². The van der Waals surface area contributed by atoms with Gasteiger partial charge in [-0.3, -0.25) is 20.1 Å². The minimum absolute atomic E-state index is 0.0176. The lowest BCUT2D eigenvalue weighted by Gasteiger charge is -2.17. The Bertz CT molecular complexity index is 1730. The first-order valence-electron chi connectivity index (χ1n) is 11.8. The predicted octanol–water partition coefficient (Wildman–Crippen LogP) is 5.15. The number of aliphatic hydroxyl groups excluding tert-OH is 1. The normalized spacial score (nSPS) is 12.5. The van der Waals surface area contributed by atoms with Gasteiger partial charge in [0, 0.05) is 41.3 Å². The number of imidazole rings is 1. The highest BCUT2D eigenvalue weighted by atomic mass is 19.1. The molecule has 1 aromatic carbocycles. The van der Waals surface area contributed by atoms with E-state index in [1.165, 1.54) is 6.07 Å². The fourth-order valence-electron chi connectivity index (χ4n) is 4.21. The zero-order valence-electron chi connectivity index (χ0n) is 20.1. The van der Waals surface area contributed by atoms with E-state index in [2.05, 4.69) is 35.5 Å². The van der Waals surface area contributed by atoms with Gasteiger partial charge in [-0.2, -0.15) is 5.10 Å². The van der Waals surface area contributed by atoms with Crippen LogP contribution in [0.5, 0.6) is 0 Å². The van der Waals surface area contributed by atoms with Crippen molar-refractivity contribution in [1.82, 2.24) is 35.1 Å². The van der Waals surface area contributed by atoms with Crippen LogP contribution < -0.4 is 5.32 Å². The third kappa shape index (κ3) is 4.17. The molecular formula is C27H23FN8O. The molecule has 184 valence electrons. The van der Waals surface area contributed by atoms with Crippen LogP contribution in [0.15, 0.2) is 67.4 Å². The fourth-order valence-corrected chi connectivity index (χ4v) is 4.21. The van der Waals surface area contributed by atoms with Crippen molar-refractivity contribution >= 4 is 27.6 Å². The monoisotopic (exact) mass is 494 g/mol. The van der Waals surface area contributed by atoms with Crippen molar-refractivity contribution in [3.8, 4) is 33.9 Å². The van der Waals surface area contributed by atoms with Crippen LogP contribution in [0.3, 0.4) is 0 Å². The van der Waals surface area contributed by atoms with Crippen LogP contribution in [0.2, 0.25) is 0 Å². The highest BCUT2D eigenvalue weighted by Crippen LogP contribution is 2.34. The van der Waals surface area contributed by atoms with Crippen LogP contribution in [-0.2, 0) is 0 Å². The molecule has 0 saturated heterocycles. The van der Waals surface area contributed by atoms with Gasteiger partial charge >= 0.3 is 0 Å². The number of anilines is 1. The van der Waals surface area contributed by atoms with Gasteiger partial charge in [0.15, 0.2) is 11.6 Å². The molecule has 0 amide bonds. The minimum Gasteiger partial charge on any atom is -0.374 e. The number of benzene rings is 1. The maximum atomic E-state index is 15.2. The summed E-state index contributed by atoms with van der Waals surface area (Å²) in [6, 6.07) is 10.7. The zero-order valence-corrected chi connectivity index (χ0v) is 20.1. The lowest BCUT2D eigenvalue weighted by Crippen LogP contribution is -2.24. The molecule has 4 N–H and O–H groups in total. The molecule has 5 aromatic heterocycles. The Morgan fingerprint density at radius 2 is 1.76 bits per heavy atom. The maximum absolute atomic E-state index is 15.2. The van der Waals surface area contributed by atoms with Crippen molar-refractivity contribution in [3.05, 3.63) is 73.2 Å². The van der Waals surface area contributed by atoms with E-state index in [0.717, 1.165) is 16.8 Å². The molecule has 6 rings (SSSR count). The van der Waals surface area contributed by atoms with Gasteiger partial charge in [-0.1, -0.05) is 13.8 Å². The van der Waals surface area contributed by atoms with Crippen LogP contribution in [-0.4, -0.2) is 46.5 Å². The molecule has 1 unspecified atom stereocenters. The number of nitrogens with one attached hydrogen (secondary N) is 3. The molecule has 0 aliphatic carbocycles. The maximum Gasteiger partial charge on any atom is 0.157 e. The Hall–Kier alpha value is -4.70. The highest BCUT2D eigenvalue weighted by molar-refractivity contribution is 5.97. The van der Waals surface area contributed by atoms with E-state index in [9.17, 15) is 5.11 Å². The van der Waals surface area contributed by atoms with Crippen molar-refractivity contribution in [2.75, 3.05) is 5.32 Å². The summed E-state index contributed by atoms with van der Waals surface area (Å²) in [5.74, 6) is 0.0702. The van der Waals surface area contributed by atoms with Crippen LogP contribution in [0.1, 0.15) is 13.8 Å². The van der Waals surface area contributed by atoms with E-state index in [0.29, 0.717) is 39.2 Å². The van der Waals surface area contributed by atoms with Crippen molar-refractivity contribution < 1.29 is 9.50 Å². The molecule has 0 radical (unpaired) electrons. The summed E-state index contributed by atoms with van der Waals surface area (Å²) in [5, 5.41) is 20.9. The lowest BCUT2D eigenvalue weighted by atomic mass is 10.0. The van der Waals surface area contributed by atoms with Crippen molar-refractivity contribution in [2.45, 2.75) is 20.1 Å². The molecular weight excluding hydrogens is 471 g/mol. The first kappa shape index (κ1) is 22.7. The molecule has 0 aliphatic heterocycles. The number of hydrogen-bond donors (Lipinski definition) is 4. The molecule has 37 heavy (non-hydrogen) atoms. The average molecular weight is 495 g/mol. The summed E-state index contributed by atoms with van der Waals surface area (Å²) < 4.78 is 15.2. The molecule has 0 bridgehead atoms. The van der Waals surface area contributed by atoms with Gasteiger partial charge in [-0.25, -0.2) is 9.37 Å². The average Bonchev–Trinajstić information content (AvgIpc) is 3.53. The molecule has 6 aromatic rings. The van der Waals surface area contributed by atoms with Gasteiger partial charge in [0.2, 0.25) is 0 Å². The fraction of sp³-hybridized carbons (Fsp3) is 0.148. The first-order chi connectivity index (χ1) is 18.0. The summed E-state index contributed by atoms with van der Waals surface area (Å²) in [5.41, 5.74) is 5.83. The molecule has 10 heteroatoms. The Balaban J connectivity index is 1.44. The SMILES string of the molecule is CC(C)C(O)Nc1cncc(-c2cc(F)c3n[nH]c(-c4nc5c(-c6ccncc6)nccc5[nH]4)c3c2)c1. The number of aromatic nitrogens is 7. The molecule has 0 saturated carbocycles. The number of H-pyrrole nitrogens is 2. The van der Waals surface area contributed by atoms with Crippen LogP contribution >= 0.6 is 0 Å². The third-order valence-electron chi connectivity index (χ3n) is 6.22. The topological polar surface area (TPSA) is 128 Å². The van der Waals surface area contributed by atoms with Gasteiger partial charge in [-0.05, 0) is 47.9 Å². The summed E-state index contributed by atoms with van der Waals surface area (Å²) in [7, 11) is 0. The number of halogens is 1. The number of aromatic amines is 2. The first-order valence-corrected chi connectivity index (χ1v) is 11.8. The van der Waals surface area contributed by atoms with Crippen molar-refractivity contribution in [1.29, 1.82) is 0 Å². The molecule has 0 fully saturated rings. The molecule has 0 spiro atoms. The quantitative estimate of drug-likeness (QED) is 0.236. The minimum atomic E-state index is -0.726. The molecule has 1 atom stereocenters. The Labute approximate surface area is 210 Å². The molecule has 0 aliphatic rings. The van der Waals surface area contributed by atoms with E-state index < -0.39 is 12.0 Å². The number of fused-ring (bicyclic) bond motifs is 2. The summed E-state index contributed by atoms with van der Waals surface area (Å²) in [6.45, 7) is 3.82. The number of hydrogen-bond acceptors (Lipinski definition) is 7. The second-order valence-electron chi connectivity index (χ2n) is 9.13. The van der Waals surface area contributed by atoms with Crippen molar-refractivity contribution in [3.63, 3.8) is 0 Å². The van der Waals surface area contributed by atoms with Gasteiger partial charge in [0.05, 0.1) is 23.1 Å². The standard InChI is InChI=1S/C27H23FN8O/c1-14(2)27(37)32-18-9-17(12-30-13-18)16-10-19-23(20(28)11-16)35-36-24(19)26-33-21-5-8-31-22(25(21)34-26)15-3-6-29-7-4-15/h3-14,27,32,37H,1-2H3,(H,33,34)(H,35,36). The molecule has 9 nitrogen and oxygen atoms in total. The summed E-state index contributed by atoms with van der Waals surface area (Å²) >= 11 is 0. The number of pyridine rings is 3. The van der Waals surface area contributed by atoms with E-state index in [-0.39, 0.29) is 11.4 Å². The zero-order chi connectivity index (χ0) is 25.5. The smallest absolute Gasteiger partial charge is 0.157 e. The van der Waals surface area contributed by atoms with Crippen LogP contribution in [0, 0.1) is 11.7 Å². The van der Waals surface area contributed by atoms with E-state index >= 15 is 4.39 Å². The number of rotatable bonds is 6. The third-order valence-corrected chi connectivity index (χ3v) is 6.22. The Morgan fingerprint density at radius 1 is 0.919 bits per heavy atom. The van der Waals surface area contributed by atoms with E-state index in [4.69, 9.17) is 4.98 Å². The number of nitrogens with zero attached hydrogens (tertiary/aromatic N) is 5. The predicted molar refractivity (Wildman–Crippen MR) is 140 cm³/mol. The second-order valence-corrected chi connectivity index (χ2v) is 9.13. The Morgan fingerprint density at radius 3 is 2.57 bits per heavy atom. The second kappa shape index (κ2) is 9.07.